The molecule has 0 spiro atoms. The molecule has 0 amide bonds. The molecule has 22 heavy (non-hydrogen) atoms. The molecule has 4 rings (SSSR count). The summed E-state index contributed by atoms with van der Waals surface area (Å²) in [5.41, 5.74) is 1.05. The molecule has 128 valence electrons. The van der Waals surface area contributed by atoms with Gasteiger partial charge in [-0.2, -0.15) is 0 Å². The van der Waals surface area contributed by atoms with Crippen molar-refractivity contribution in [2.45, 2.75) is 92.3 Å². The van der Waals surface area contributed by atoms with E-state index in [1.165, 1.54) is 32.1 Å². The maximum absolute atomic E-state index is 10.0. The molecule has 0 radical (unpaired) electrons. The third-order valence-electron chi connectivity index (χ3n) is 8.94. The van der Waals surface area contributed by atoms with Crippen LogP contribution in [0.25, 0.3) is 0 Å². The molecule has 0 aliphatic heterocycles. The largest absolute Gasteiger partial charge is 0.393 e. The van der Waals surface area contributed by atoms with Gasteiger partial charge in [-0.3, -0.25) is 0 Å². The summed E-state index contributed by atoms with van der Waals surface area (Å²) < 4.78 is 0. The van der Waals surface area contributed by atoms with Gasteiger partial charge in [0.2, 0.25) is 0 Å². The number of hydrogen-bond donors (Lipinski definition) is 2. The second kappa shape index (κ2) is 4.72. The average Bonchev–Trinajstić information content (AvgIpc) is 3.02. The predicted molar refractivity (Wildman–Crippen MR) is 90.5 cm³/mol. The molecule has 0 aromatic rings. The minimum atomic E-state index is -0.0613. The van der Waals surface area contributed by atoms with Gasteiger partial charge in [0.15, 0.2) is 0 Å². The van der Waals surface area contributed by atoms with E-state index in [9.17, 15) is 10.2 Å². The van der Waals surface area contributed by atoms with Crippen LogP contribution < -0.4 is 0 Å². The third kappa shape index (κ3) is 1.99. The summed E-state index contributed by atoms with van der Waals surface area (Å²) in [5.74, 6) is 1.56. The Balaban J connectivity index is 0.000000131. The topological polar surface area (TPSA) is 40.5 Å². The molecular weight excluding hydrogens is 272 g/mol. The first-order valence-corrected chi connectivity index (χ1v) is 9.31. The Kier molecular flexibility index (Phi) is 3.60. The van der Waals surface area contributed by atoms with Crippen LogP contribution in [-0.4, -0.2) is 22.4 Å². The molecule has 2 N–H and O–H groups in total. The highest BCUT2D eigenvalue weighted by Crippen LogP contribution is 2.65. The Bertz CT molecular complexity index is 450. The molecule has 2 heteroatoms. The van der Waals surface area contributed by atoms with Crippen molar-refractivity contribution in [2.75, 3.05) is 0 Å². The molecule has 4 aliphatic carbocycles. The van der Waals surface area contributed by atoms with E-state index in [0.29, 0.717) is 5.41 Å². The maximum Gasteiger partial charge on any atom is 0.0647 e. The third-order valence-corrected chi connectivity index (χ3v) is 8.94. The fourth-order valence-electron chi connectivity index (χ4n) is 6.44. The van der Waals surface area contributed by atoms with Crippen molar-refractivity contribution in [1.29, 1.82) is 0 Å². The molecule has 4 aliphatic rings. The Morgan fingerprint density at radius 3 is 1.64 bits per heavy atom. The molecule has 1 unspecified atom stereocenters. The van der Waals surface area contributed by atoms with E-state index < -0.39 is 0 Å². The summed E-state index contributed by atoms with van der Waals surface area (Å²) in [7, 11) is 0. The Morgan fingerprint density at radius 1 is 0.818 bits per heavy atom. The lowest BCUT2D eigenvalue weighted by Gasteiger charge is -2.38. The zero-order valence-electron chi connectivity index (χ0n) is 15.4. The molecule has 0 aromatic heterocycles. The lowest BCUT2D eigenvalue weighted by Crippen LogP contribution is -2.39. The van der Waals surface area contributed by atoms with Gasteiger partial charge in [-0.1, -0.05) is 41.5 Å². The highest BCUT2D eigenvalue weighted by Gasteiger charge is 2.61. The molecular formula is C20H36O2. The van der Waals surface area contributed by atoms with Gasteiger partial charge < -0.3 is 10.2 Å². The number of hydrogen-bond acceptors (Lipinski definition) is 2. The van der Waals surface area contributed by atoms with Gasteiger partial charge in [0, 0.05) is 0 Å². The molecule has 0 aromatic carbocycles. The smallest absolute Gasteiger partial charge is 0.0647 e. The van der Waals surface area contributed by atoms with Crippen molar-refractivity contribution >= 4 is 0 Å². The van der Waals surface area contributed by atoms with Crippen LogP contribution in [0.15, 0.2) is 0 Å². The Hall–Kier alpha value is -0.0800. The quantitative estimate of drug-likeness (QED) is 0.697. The minimum absolute atomic E-state index is 0.0313. The number of aliphatic hydroxyl groups is 2. The van der Waals surface area contributed by atoms with Crippen molar-refractivity contribution < 1.29 is 10.2 Å². The lowest BCUT2D eigenvalue weighted by molar-refractivity contribution is -0.0340. The number of rotatable bonds is 0. The van der Waals surface area contributed by atoms with Crippen LogP contribution in [0.4, 0.5) is 0 Å². The molecule has 2 nitrogen and oxygen atoms in total. The van der Waals surface area contributed by atoms with Gasteiger partial charge in [-0.05, 0) is 72.0 Å². The van der Waals surface area contributed by atoms with Gasteiger partial charge in [0.05, 0.1) is 12.2 Å². The molecule has 0 saturated heterocycles. The zero-order valence-corrected chi connectivity index (χ0v) is 15.4. The van der Waals surface area contributed by atoms with E-state index in [1.54, 1.807) is 0 Å². The van der Waals surface area contributed by atoms with Crippen LogP contribution >= 0.6 is 0 Å². The minimum Gasteiger partial charge on any atom is -0.393 e. The highest BCUT2D eigenvalue weighted by atomic mass is 16.3. The number of aliphatic hydroxyl groups excluding tert-OH is 2. The molecule has 4 bridgehead atoms. The van der Waals surface area contributed by atoms with Crippen molar-refractivity contribution in [3.05, 3.63) is 0 Å². The second-order valence-electron chi connectivity index (χ2n) is 10.4. The molecule has 4 saturated carbocycles. The van der Waals surface area contributed by atoms with Crippen molar-refractivity contribution in [1.82, 2.24) is 0 Å². The van der Waals surface area contributed by atoms with E-state index in [1.807, 2.05) is 0 Å². The first kappa shape index (κ1) is 16.8. The highest BCUT2D eigenvalue weighted by molar-refractivity contribution is 5.10. The van der Waals surface area contributed by atoms with Gasteiger partial charge >= 0.3 is 0 Å². The summed E-state index contributed by atoms with van der Waals surface area (Å²) in [6, 6.07) is 0. The summed E-state index contributed by atoms with van der Waals surface area (Å²) in [4.78, 5) is 0. The second-order valence-corrected chi connectivity index (χ2v) is 10.4. The fraction of sp³-hybridized carbons (Fsp3) is 1.00. The van der Waals surface area contributed by atoms with Gasteiger partial charge in [0.1, 0.15) is 0 Å². The van der Waals surface area contributed by atoms with E-state index >= 15 is 0 Å². The molecule has 6 atom stereocenters. The molecule has 0 heterocycles. The summed E-state index contributed by atoms with van der Waals surface area (Å²) in [5, 5.41) is 19.8. The van der Waals surface area contributed by atoms with E-state index in [4.69, 9.17) is 0 Å². The van der Waals surface area contributed by atoms with Crippen molar-refractivity contribution in [3.8, 4) is 0 Å². The van der Waals surface area contributed by atoms with Crippen LogP contribution in [0.3, 0.4) is 0 Å². The first-order chi connectivity index (χ1) is 9.95. The van der Waals surface area contributed by atoms with Gasteiger partial charge in [-0.15, -0.1) is 0 Å². The van der Waals surface area contributed by atoms with Crippen LogP contribution in [-0.2, 0) is 0 Å². The normalized spacial score (nSPS) is 53.5. The summed E-state index contributed by atoms with van der Waals surface area (Å²) in [6.45, 7) is 13.6. The average molecular weight is 309 g/mol. The van der Waals surface area contributed by atoms with Crippen molar-refractivity contribution in [2.24, 2.45) is 33.5 Å². The lowest BCUT2D eigenvalue weighted by atomic mass is 9.70. The van der Waals surface area contributed by atoms with E-state index in [2.05, 4.69) is 41.5 Å². The van der Waals surface area contributed by atoms with Crippen molar-refractivity contribution in [3.63, 3.8) is 0 Å². The summed E-state index contributed by atoms with van der Waals surface area (Å²) in [6.07, 6.45) is 7.34. The van der Waals surface area contributed by atoms with Crippen LogP contribution in [0, 0.1) is 33.5 Å². The Morgan fingerprint density at radius 2 is 1.41 bits per heavy atom. The zero-order chi connectivity index (χ0) is 16.6. The van der Waals surface area contributed by atoms with Crippen LogP contribution in [0.5, 0.6) is 0 Å². The maximum atomic E-state index is 10.0. The monoisotopic (exact) mass is 308 g/mol. The Labute approximate surface area is 136 Å². The van der Waals surface area contributed by atoms with Crippen LogP contribution in [0.1, 0.15) is 80.1 Å². The van der Waals surface area contributed by atoms with E-state index in [-0.39, 0.29) is 28.5 Å². The first-order valence-electron chi connectivity index (χ1n) is 9.31. The van der Waals surface area contributed by atoms with E-state index in [0.717, 1.165) is 18.3 Å². The van der Waals surface area contributed by atoms with Gasteiger partial charge in [-0.25, -0.2) is 0 Å². The number of fused-ring (bicyclic) bond motifs is 4. The summed E-state index contributed by atoms with van der Waals surface area (Å²) >= 11 is 0. The SMILES string of the molecule is CC1(C)C(O)[C@@]2(C)CC[C@@H]1C2.CC1(C)[C@@H]2CC[C@@]1(C)[C@@H](O)C2. The van der Waals surface area contributed by atoms with Crippen LogP contribution in [0.2, 0.25) is 0 Å². The predicted octanol–water partition coefficient (Wildman–Crippen LogP) is 4.39. The fourth-order valence-corrected chi connectivity index (χ4v) is 6.44. The standard InChI is InChI=1S/2C10H18O/c1-9(2)7-4-5-10(3,6-7)8(9)11;1-9(2)7-4-5-10(9,3)8(11)6-7/h2*7-8,11H,4-6H2,1-3H3/t7-,8?,10+;7-,8+,10+/m11/s1. The van der Waals surface area contributed by atoms with Gasteiger partial charge in [0.25, 0.3) is 0 Å². The molecule has 4 fully saturated rings.